The molecular formula is C32H52N4O14S2. The topological polar surface area (TPSA) is 216 Å². The van der Waals surface area contributed by atoms with E-state index >= 15 is 0 Å². The van der Waals surface area contributed by atoms with Crippen molar-refractivity contribution in [3.63, 3.8) is 0 Å². The van der Waals surface area contributed by atoms with Gasteiger partial charge in [-0.05, 0) is 13.3 Å². The lowest BCUT2D eigenvalue weighted by molar-refractivity contribution is -0.137. The molecule has 52 heavy (non-hydrogen) atoms. The lowest BCUT2D eigenvalue weighted by Crippen LogP contribution is -2.33. The Morgan fingerprint density at radius 1 is 0.712 bits per heavy atom. The fourth-order valence-electron chi connectivity index (χ4n) is 4.16. The van der Waals surface area contributed by atoms with Crippen LogP contribution in [0.4, 0.5) is 5.13 Å². The molecule has 1 aromatic heterocycles. The van der Waals surface area contributed by atoms with Crippen LogP contribution in [0.1, 0.15) is 24.6 Å². The van der Waals surface area contributed by atoms with E-state index < -0.39 is 9.84 Å². The van der Waals surface area contributed by atoms with Gasteiger partial charge in [0, 0.05) is 36.9 Å². The molecule has 2 N–H and O–H groups in total. The Hall–Kier alpha value is -2.92. The van der Waals surface area contributed by atoms with Gasteiger partial charge in [0.15, 0.2) is 20.0 Å². The summed E-state index contributed by atoms with van der Waals surface area (Å²) in [6.07, 6.45) is 2.86. The van der Waals surface area contributed by atoms with Crippen LogP contribution in [0.15, 0.2) is 17.2 Å². The van der Waals surface area contributed by atoms with Gasteiger partial charge in [-0.1, -0.05) is 0 Å². The summed E-state index contributed by atoms with van der Waals surface area (Å²) in [6, 6.07) is 0. The minimum atomic E-state index is -3.64. The molecule has 1 aliphatic heterocycles. The highest BCUT2D eigenvalue weighted by atomic mass is 32.2. The van der Waals surface area contributed by atoms with Crippen LogP contribution in [-0.2, 0) is 66.9 Å². The number of aromatic nitrogens is 1. The first kappa shape index (κ1) is 45.2. The van der Waals surface area contributed by atoms with Crippen molar-refractivity contribution < 1.29 is 65.5 Å². The highest BCUT2D eigenvalue weighted by molar-refractivity contribution is 7.91. The zero-order valence-electron chi connectivity index (χ0n) is 29.9. The average molecular weight is 781 g/mol. The van der Waals surface area contributed by atoms with E-state index in [1.807, 2.05) is 0 Å². The summed E-state index contributed by atoms with van der Waals surface area (Å²) in [5.41, 5.74) is 0. The minimum Gasteiger partial charge on any atom is -0.379 e. The van der Waals surface area contributed by atoms with Gasteiger partial charge < -0.3 is 48.5 Å². The number of hydrogen-bond donors (Lipinski definition) is 2. The van der Waals surface area contributed by atoms with Crippen molar-refractivity contribution in [1.29, 1.82) is 0 Å². The first-order valence-electron chi connectivity index (χ1n) is 17.0. The lowest BCUT2D eigenvalue weighted by Gasteiger charge is -2.13. The maximum atomic E-state index is 12.6. The monoisotopic (exact) mass is 780 g/mol. The largest absolute Gasteiger partial charge is 0.379 e. The minimum absolute atomic E-state index is 0.0492. The summed E-state index contributed by atoms with van der Waals surface area (Å²) in [4.78, 5) is 51.6. The number of imide groups is 1. The fraction of sp³-hybridized carbons (Fsp3) is 0.719. The number of nitrogens with zero attached hydrogens (tertiary/aromatic N) is 2. The number of carbonyl (C=O) groups is 4. The standard InChI is InChI=1S/C32H52N4O14S2/c1-26-31(35-32(51-26)34-27(2)37)52(41,42)25-3-7-33-28(38)6-9-43-11-13-45-15-17-47-19-21-49-23-24-50-22-20-48-18-16-46-14-12-44-10-8-36-29(39)4-5-30(36)40/h4-5H,3,6-25H2,1-2H3,(H,33,38)(H,34,35,37). The molecule has 0 radical (unpaired) electrons. The van der Waals surface area contributed by atoms with Gasteiger partial charge in [0.2, 0.25) is 11.8 Å². The zero-order valence-corrected chi connectivity index (χ0v) is 31.6. The molecule has 0 saturated heterocycles. The Labute approximate surface area is 308 Å². The van der Waals surface area contributed by atoms with E-state index in [9.17, 15) is 27.6 Å². The van der Waals surface area contributed by atoms with E-state index in [4.69, 9.17) is 37.9 Å². The molecule has 0 spiro atoms. The highest BCUT2D eigenvalue weighted by Gasteiger charge is 2.23. The quantitative estimate of drug-likeness (QED) is 0.0717. The van der Waals surface area contributed by atoms with Gasteiger partial charge in [-0.3, -0.25) is 24.1 Å². The van der Waals surface area contributed by atoms with E-state index in [1.165, 1.54) is 19.1 Å². The van der Waals surface area contributed by atoms with E-state index in [2.05, 4.69) is 15.6 Å². The van der Waals surface area contributed by atoms with Crippen LogP contribution in [0.5, 0.6) is 0 Å². The number of nitrogens with one attached hydrogen (secondary N) is 2. The van der Waals surface area contributed by atoms with Crippen LogP contribution in [-0.4, -0.2) is 166 Å². The Balaban J connectivity index is 1.24. The summed E-state index contributed by atoms with van der Waals surface area (Å²) in [6.45, 7) is 9.53. The molecule has 1 aromatic rings. The zero-order chi connectivity index (χ0) is 37.9. The number of aryl methyl sites for hydroxylation is 1. The molecule has 18 nitrogen and oxygen atoms in total. The SMILES string of the molecule is CC(=O)Nc1nc(S(=O)(=O)CCCNC(=O)CCOCCOCCOCCOCCOCCOCCOCCOCCN2C(=O)C=CC2=O)c(C)s1. The smallest absolute Gasteiger partial charge is 0.253 e. The number of anilines is 1. The third-order valence-corrected chi connectivity index (χ3v) is 9.51. The summed E-state index contributed by atoms with van der Waals surface area (Å²) in [7, 11) is -3.64. The third-order valence-electron chi connectivity index (χ3n) is 6.68. The van der Waals surface area contributed by atoms with Gasteiger partial charge in [0.1, 0.15) is 0 Å². The van der Waals surface area contributed by atoms with Crippen LogP contribution in [0.2, 0.25) is 0 Å². The Morgan fingerprint density at radius 2 is 1.13 bits per heavy atom. The molecule has 0 fully saturated rings. The maximum Gasteiger partial charge on any atom is 0.253 e. The van der Waals surface area contributed by atoms with Crippen molar-refractivity contribution in [3.05, 3.63) is 17.0 Å². The van der Waals surface area contributed by atoms with Crippen molar-refractivity contribution in [2.75, 3.05) is 130 Å². The van der Waals surface area contributed by atoms with Crippen LogP contribution in [0.3, 0.4) is 0 Å². The molecule has 2 rings (SSSR count). The van der Waals surface area contributed by atoms with Crippen molar-refractivity contribution in [2.24, 2.45) is 0 Å². The van der Waals surface area contributed by atoms with Gasteiger partial charge >= 0.3 is 0 Å². The first-order chi connectivity index (χ1) is 25.1. The van der Waals surface area contributed by atoms with E-state index in [1.54, 1.807) is 6.92 Å². The second kappa shape index (κ2) is 27.7. The molecular weight excluding hydrogens is 729 g/mol. The highest BCUT2D eigenvalue weighted by Crippen LogP contribution is 2.26. The molecule has 1 aliphatic rings. The number of sulfone groups is 1. The lowest BCUT2D eigenvalue weighted by atomic mass is 10.4. The normalized spacial score (nSPS) is 13.0. The van der Waals surface area contributed by atoms with Crippen molar-refractivity contribution in [1.82, 2.24) is 15.2 Å². The van der Waals surface area contributed by atoms with E-state index in [0.717, 1.165) is 16.2 Å². The summed E-state index contributed by atoms with van der Waals surface area (Å²) >= 11 is 1.10. The van der Waals surface area contributed by atoms with Crippen LogP contribution in [0, 0.1) is 6.92 Å². The van der Waals surface area contributed by atoms with Crippen LogP contribution >= 0.6 is 11.3 Å². The van der Waals surface area contributed by atoms with Gasteiger partial charge in [-0.2, -0.15) is 0 Å². The van der Waals surface area contributed by atoms with Crippen molar-refractivity contribution >= 4 is 49.9 Å². The Kier molecular flexibility index (Phi) is 24.1. The number of ether oxygens (including phenoxy) is 8. The average Bonchev–Trinajstić information content (AvgIpc) is 3.64. The number of rotatable bonds is 33. The molecule has 20 heteroatoms. The maximum absolute atomic E-state index is 12.6. The van der Waals surface area contributed by atoms with Crippen molar-refractivity contribution in [2.45, 2.75) is 31.7 Å². The third kappa shape index (κ3) is 20.9. The molecule has 0 aromatic carbocycles. The second-order valence-corrected chi connectivity index (χ2v) is 14.1. The molecule has 0 aliphatic carbocycles. The molecule has 0 bridgehead atoms. The summed E-state index contributed by atoms with van der Waals surface area (Å²) in [5, 5.41) is 5.36. The second-order valence-electron chi connectivity index (χ2n) is 10.9. The molecule has 296 valence electrons. The van der Waals surface area contributed by atoms with E-state index in [0.29, 0.717) is 97.4 Å². The number of hydrogen-bond acceptors (Lipinski definition) is 16. The predicted molar refractivity (Wildman–Crippen MR) is 188 cm³/mol. The van der Waals surface area contributed by atoms with Gasteiger partial charge in [-0.15, -0.1) is 11.3 Å². The van der Waals surface area contributed by atoms with Crippen molar-refractivity contribution in [3.8, 4) is 0 Å². The van der Waals surface area contributed by atoms with Gasteiger partial charge in [0.05, 0.1) is 118 Å². The fourth-order valence-corrected chi connectivity index (χ4v) is 6.87. The molecule has 4 amide bonds. The molecule has 0 saturated carbocycles. The first-order valence-corrected chi connectivity index (χ1v) is 19.5. The molecule has 0 unspecified atom stereocenters. The summed E-state index contributed by atoms with van der Waals surface area (Å²) in [5.74, 6) is -1.39. The van der Waals surface area contributed by atoms with Gasteiger partial charge in [-0.25, -0.2) is 13.4 Å². The van der Waals surface area contributed by atoms with E-state index in [-0.39, 0.29) is 78.7 Å². The Bertz CT molecular complexity index is 1320. The number of carbonyl (C=O) groups excluding carboxylic acids is 4. The molecule has 2 heterocycles. The van der Waals surface area contributed by atoms with Crippen LogP contribution < -0.4 is 10.6 Å². The number of thiazole rings is 1. The summed E-state index contributed by atoms with van der Waals surface area (Å²) < 4.78 is 68.5. The predicted octanol–water partition coefficient (Wildman–Crippen LogP) is 0.138. The van der Waals surface area contributed by atoms with Crippen LogP contribution in [0.25, 0.3) is 0 Å². The van der Waals surface area contributed by atoms with Gasteiger partial charge in [0.25, 0.3) is 11.8 Å². The number of amides is 4. The molecule has 0 atom stereocenters. The Morgan fingerprint density at radius 3 is 1.58 bits per heavy atom.